The lowest BCUT2D eigenvalue weighted by molar-refractivity contribution is 0.966. The van der Waals surface area contributed by atoms with Crippen LogP contribution in [0, 0.1) is 6.92 Å². The highest BCUT2D eigenvalue weighted by Gasteiger charge is 2.20. The zero-order valence-electron chi connectivity index (χ0n) is 11.2. The van der Waals surface area contributed by atoms with E-state index in [1.807, 2.05) is 17.6 Å². The van der Waals surface area contributed by atoms with Crippen molar-refractivity contribution in [3.63, 3.8) is 0 Å². The molecule has 0 unspecified atom stereocenters. The molecule has 0 radical (unpaired) electrons. The summed E-state index contributed by atoms with van der Waals surface area (Å²) in [7, 11) is 0. The Labute approximate surface area is 146 Å². The van der Waals surface area contributed by atoms with E-state index in [2.05, 4.69) is 15.0 Å². The topological polar surface area (TPSA) is 43.6 Å². The van der Waals surface area contributed by atoms with Gasteiger partial charge in [-0.1, -0.05) is 46.4 Å². The number of pyridine rings is 2. The quantitative estimate of drug-likeness (QED) is 0.576. The largest absolute Gasteiger partial charge is 0.292 e. The monoisotopic (exact) mass is 372 g/mol. The molecule has 0 atom stereocenters. The van der Waals surface area contributed by atoms with E-state index in [4.69, 9.17) is 46.4 Å². The molecule has 3 rings (SSSR count). The second-order valence-corrected chi connectivity index (χ2v) is 6.05. The average molecular weight is 374 g/mol. The predicted molar refractivity (Wildman–Crippen MR) is 89.4 cm³/mol. The first-order chi connectivity index (χ1) is 10.5. The van der Waals surface area contributed by atoms with Gasteiger partial charge in [-0.15, -0.1) is 0 Å². The van der Waals surface area contributed by atoms with Gasteiger partial charge in [0.15, 0.2) is 5.15 Å². The average Bonchev–Trinajstić information content (AvgIpc) is 2.75. The Morgan fingerprint density at radius 1 is 1.00 bits per heavy atom. The lowest BCUT2D eigenvalue weighted by atomic mass is 10.2. The van der Waals surface area contributed by atoms with Gasteiger partial charge >= 0.3 is 0 Å². The molecule has 0 saturated carbocycles. The van der Waals surface area contributed by atoms with Crippen LogP contribution < -0.4 is 0 Å². The van der Waals surface area contributed by atoms with Gasteiger partial charge in [0.05, 0.1) is 21.9 Å². The number of rotatable bonds is 2. The molecule has 0 amide bonds. The van der Waals surface area contributed by atoms with Gasteiger partial charge in [-0.3, -0.25) is 9.55 Å². The van der Waals surface area contributed by atoms with E-state index in [0.29, 0.717) is 37.6 Å². The fraction of sp³-hybridized carbons (Fsp3) is 0.0714. The van der Waals surface area contributed by atoms with E-state index >= 15 is 0 Å². The summed E-state index contributed by atoms with van der Waals surface area (Å²) in [5.41, 5.74) is 1.82. The van der Waals surface area contributed by atoms with Crippen molar-refractivity contribution in [1.82, 2.24) is 19.5 Å². The van der Waals surface area contributed by atoms with Crippen molar-refractivity contribution in [2.24, 2.45) is 0 Å². The molecule has 0 saturated heterocycles. The van der Waals surface area contributed by atoms with Gasteiger partial charge in [0.1, 0.15) is 22.4 Å². The summed E-state index contributed by atoms with van der Waals surface area (Å²) in [5, 5.41) is 1.53. The van der Waals surface area contributed by atoms with E-state index in [-0.39, 0.29) is 0 Å². The van der Waals surface area contributed by atoms with E-state index in [9.17, 15) is 0 Å². The van der Waals surface area contributed by atoms with E-state index in [1.54, 1.807) is 18.3 Å². The summed E-state index contributed by atoms with van der Waals surface area (Å²) < 4.78 is 1.81. The van der Waals surface area contributed by atoms with Crippen molar-refractivity contribution in [3.8, 4) is 17.1 Å². The molecule has 0 aromatic carbocycles. The van der Waals surface area contributed by atoms with Crippen LogP contribution in [0.5, 0.6) is 0 Å². The van der Waals surface area contributed by atoms with Gasteiger partial charge in [-0.25, -0.2) is 9.97 Å². The van der Waals surface area contributed by atoms with Crippen LogP contribution in [-0.4, -0.2) is 19.5 Å². The summed E-state index contributed by atoms with van der Waals surface area (Å²) in [4.78, 5) is 12.6. The summed E-state index contributed by atoms with van der Waals surface area (Å²) in [6, 6.07) is 5.10. The Hall–Kier alpha value is -1.33. The van der Waals surface area contributed by atoms with Crippen LogP contribution in [0.25, 0.3) is 17.1 Å². The number of aryl methyl sites for hydroxylation is 1. The molecule has 0 spiro atoms. The zero-order chi connectivity index (χ0) is 15.9. The molecule has 3 aromatic rings. The number of hydrogen-bond acceptors (Lipinski definition) is 3. The highest BCUT2D eigenvalue weighted by molar-refractivity contribution is 6.37. The minimum atomic E-state index is 0.296. The Morgan fingerprint density at radius 3 is 2.41 bits per heavy atom. The number of aromatic nitrogens is 4. The Morgan fingerprint density at radius 2 is 1.77 bits per heavy atom. The highest BCUT2D eigenvalue weighted by atomic mass is 35.5. The Kier molecular flexibility index (Phi) is 4.28. The van der Waals surface area contributed by atoms with Crippen LogP contribution in [-0.2, 0) is 0 Å². The van der Waals surface area contributed by atoms with Crippen LogP contribution in [0.15, 0.2) is 30.6 Å². The first-order valence-corrected chi connectivity index (χ1v) is 7.66. The molecule has 0 aliphatic carbocycles. The normalized spacial score (nSPS) is 11.0. The third-order valence-electron chi connectivity index (χ3n) is 3.00. The van der Waals surface area contributed by atoms with Crippen molar-refractivity contribution in [2.75, 3.05) is 0 Å². The van der Waals surface area contributed by atoms with Crippen LogP contribution in [0.3, 0.4) is 0 Å². The number of nitrogens with zero attached hydrogens (tertiary/aromatic N) is 4. The van der Waals surface area contributed by atoms with Gasteiger partial charge in [0, 0.05) is 6.20 Å². The fourth-order valence-corrected chi connectivity index (χ4v) is 2.99. The van der Waals surface area contributed by atoms with Crippen LogP contribution >= 0.6 is 46.4 Å². The highest BCUT2D eigenvalue weighted by Crippen LogP contribution is 2.35. The standard InChI is InChI=1S/C14H8Cl4N4/c1-7-21-14(18)13(12-10(16)4-8(15)5-20-12)22(7)9-2-3-11(17)19-6-9/h2-6H,1H3. The maximum atomic E-state index is 6.27. The van der Waals surface area contributed by atoms with E-state index < -0.39 is 0 Å². The number of imidazole rings is 1. The molecule has 112 valence electrons. The van der Waals surface area contributed by atoms with Gasteiger partial charge in [-0.05, 0) is 25.1 Å². The molecule has 0 N–H and O–H groups in total. The van der Waals surface area contributed by atoms with Gasteiger partial charge in [0.2, 0.25) is 0 Å². The number of halogens is 4. The third kappa shape index (κ3) is 2.79. The smallest absolute Gasteiger partial charge is 0.157 e. The third-order valence-corrected chi connectivity index (χ3v) is 3.99. The molecule has 3 aromatic heterocycles. The van der Waals surface area contributed by atoms with Crippen molar-refractivity contribution >= 4 is 46.4 Å². The summed E-state index contributed by atoms with van der Waals surface area (Å²) >= 11 is 24.2. The van der Waals surface area contributed by atoms with Crippen molar-refractivity contribution < 1.29 is 0 Å². The minimum absolute atomic E-state index is 0.296. The molecular formula is C14H8Cl4N4. The summed E-state index contributed by atoms with van der Waals surface area (Å²) in [6.07, 6.45) is 3.13. The first kappa shape index (κ1) is 15.6. The zero-order valence-corrected chi connectivity index (χ0v) is 14.2. The molecular weight excluding hydrogens is 366 g/mol. The second kappa shape index (κ2) is 6.05. The van der Waals surface area contributed by atoms with Crippen molar-refractivity contribution in [3.05, 3.63) is 56.8 Å². The number of hydrogen-bond donors (Lipinski definition) is 0. The second-order valence-electron chi connectivity index (χ2n) is 4.46. The van der Waals surface area contributed by atoms with Gasteiger partial charge < -0.3 is 0 Å². The van der Waals surface area contributed by atoms with Crippen LogP contribution in [0.2, 0.25) is 20.4 Å². The molecule has 22 heavy (non-hydrogen) atoms. The predicted octanol–water partition coefficient (Wildman–Crippen LogP) is 5.25. The fourth-order valence-electron chi connectivity index (χ4n) is 2.11. The molecule has 0 fully saturated rings. The summed E-state index contributed by atoms with van der Waals surface area (Å²) in [6.45, 7) is 1.83. The van der Waals surface area contributed by atoms with Crippen molar-refractivity contribution in [2.45, 2.75) is 6.92 Å². The molecule has 4 nitrogen and oxygen atoms in total. The molecule has 0 aliphatic rings. The lowest BCUT2D eigenvalue weighted by Crippen LogP contribution is -2.01. The van der Waals surface area contributed by atoms with E-state index in [1.165, 1.54) is 6.20 Å². The van der Waals surface area contributed by atoms with Crippen LogP contribution in [0.1, 0.15) is 5.82 Å². The van der Waals surface area contributed by atoms with Crippen LogP contribution in [0.4, 0.5) is 0 Å². The van der Waals surface area contributed by atoms with E-state index in [0.717, 1.165) is 5.69 Å². The molecule has 8 heteroatoms. The molecule has 0 bridgehead atoms. The minimum Gasteiger partial charge on any atom is -0.292 e. The summed E-state index contributed by atoms with van der Waals surface area (Å²) in [5.74, 6) is 0.678. The maximum absolute atomic E-state index is 6.27. The Bertz CT molecular complexity index is 843. The van der Waals surface area contributed by atoms with Gasteiger partial charge in [0.25, 0.3) is 0 Å². The molecule has 3 heterocycles. The first-order valence-electron chi connectivity index (χ1n) is 6.15. The SMILES string of the molecule is Cc1nc(Cl)c(-c2ncc(Cl)cc2Cl)n1-c1ccc(Cl)nc1. The maximum Gasteiger partial charge on any atom is 0.157 e. The lowest BCUT2D eigenvalue weighted by Gasteiger charge is -2.11. The Balaban J connectivity index is 2.26. The molecule has 0 aliphatic heterocycles. The van der Waals surface area contributed by atoms with Gasteiger partial charge in [-0.2, -0.15) is 0 Å². The van der Waals surface area contributed by atoms with Crippen molar-refractivity contribution in [1.29, 1.82) is 0 Å².